The zero-order valence-electron chi connectivity index (χ0n) is 14.3. The predicted octanol–water partition coefficient (Wildman–Crippen LogP) is 3.44. The molecule has 1 N–H and O–H groups in total. The lowest BCUT2D eigenvalue weighted by Gasteiger charge is -2.06. The fourth-order valence-electron chi connectivity index (χ4n) is 2.21. The highest BCUT2D eigenvalue weighted by Crippen LogP contribution is 2.35. The summed E-state index contributed by atoms with van der Waals surface area (Å²) in [6, 6.07) is 3.52. The topological polar surface area (TPSA) is 125 Å². The van der Waals surface area contributed by atoms with E-state index in [-0.39, 0.29) is 31.6 Å². The molecule has 1 aromatic carbocycles. The second-order valence-corrected chi connectivity index (χ2v) is 6.55. The van der Waals surface area contributed by atoms with Crippen LogP contribution in [0, 0.1) is 17.0 Å². The molecule has 11 heteroatoms. The Morgan fingerprint density at radius 3 is 2.37 bits per heavy atom. The van der Waals surface area contributed by atoms with Crippen molar-refractivity contribution in [3.05, 3.63) is 54.9 Å². The summed E-state index contributed by atoms with van der Waals surface area (Å²) in [5, 5.41) is 13.4. The van der Waals surface area contributed by atoms with E-state index in [2.05, 4.69) is 10.1 Å². The zero-order valence-corrected chi connectivity index (χ0v) is 15.9. The molecule has 0 spiro atoms. The molecule has 0 saturated carbocycles. The van der Waals surface area contributed by atoms with Gasteiger partial charge in [-0.25, -0.2) is 9.59 Å². The number of benzene rings is 1. The average Bonchev–Trinajstić information content (AvgIpc) is 2.96. The van der Waals surface area contributed by atoms with Crippen LogP contribution in [0.4, 0.5) is 10.7 Å². The van der Waals surface area contributed by atoms with Crippen LogP contribution < -0.4 is 5.32 Å². The fourth-order valence-corrected chi connectivity index (χ4v) is 3.50. The summed E-state index contributed by atoms with van der Waals surface area (Å²) in [6.07, 6.45) is 0. The normalized spacial score (nSPS) is 10.2. The first-order chi connectivity index (χ1) is 12.7. The van der Waals surface area contributed by atoms with Crippen LogP contribution in [-0.4, -0.2) is 37.0 Å². The molecule has 0 bridgehead atoms. The number of hydrogen-bond acceptors (Lipinski definition) is 8. The Bertz CT molecular complexity index is 954. The number of thiophene rings is 1. The molecule has 1 amide bonds. The molecule has 2 aromatic rings. The summed E-state index contributed by atoms with van der Waals surface area (Å²) >= 11 is 6.56. The van der Waals surface area contributed by atoms with E-state index >= 15 is 0 Å². The third-order valence-electron chi connectivity index (χ3n) is 3.54. The maximum absolute atomic E-state index is 12.5. The molecule has 1 aromatic heterocycles. The highest BCUT2D eigenvalue weighted by molar-refractivity contribution is 7.18. The summed E-state index contributed by atoms with van der Waals surface area (Å²) in [5.41, 5.74) is -0.196. The summed E-state index contributed by atoms with van der Waals surface area (Å²) in [7, 11) is 2.34. The van der Waals surface area contributed by atoms with Gasteiger partial charge in [0.25, 0.3) is 11.6 Å². The van der Waals surface area contributed by atoms with Crippen molar-refractivity contribution in [3.63, 3.8) is 0 Å². The second kappa shape index (κ2) is 8.14. The first kappa shape index (κ1) is 20.3. The molecule has 0 saturated heterocycles. The number of carbonyl (C=O) groups excluding carboxylic acids is 3. The van der Waals surface area contributed by atoms with Gasteiger partial charge < -0.3 is 14.8 Å². The molecule has 0 atom stereocenters. The molecule has 0 unspecified atom stereocenters. The van der Waals surface area contributed by atoms with Gasteiger partial charge in [0, 0.05) is 11.6 Å². The number of nitro benzene ring substituents is 1. The zero-order chi connectivity index (χ0) is 20.3. The van der Waals surface area contributed by atoms with Crippen LogP contribution in [0.25, 0.3) is 0 Å². The van der Waals surface area contributed by atoms with E-state index in [1.165, 1.54) is 26.2 Å². The average molecular weight is 413 g/mol. The van der Waals surface area contributed by atoms with Crippen LogP contribution in [0.1, 0.15) is 36.0 Å². The number of nitrogens with zero attached hydrogens (tertiary/aromatic N) is 1. The SMILES string of the molecule is COC(=O)c1sc(NC(=O)c2ccc(Cl)c([N+](=O)[O-])c2)c(C(=O)OC)c1C. The van der Waals surface area contributed by atoms with E-state index in [1.807, 2.05) is 0 Å². The Hall–Kier alpha value is -2.98. The van der Waals surface area contributed by atoms with Crippen LogP contribution in [0.5, 0.6) is 0 Å². The van der Waals surface area contributed by atoms with Gasteiger partial charge in [0.05, 0.1) is 24.7 Å². The largest absolute Gasteiger partial charge is 0.465 e. The molecule has 9 nitrogen and oxygen atoms in total. The Labute approximate surface area is 162 Å². The smallest absolute Gasteiger partial charge is 0.348 e. The van der Waals surface area contributed by atoms with Gasteiger partial charge in [-0.1, -0.05) is 11.6 Å². The number of nitrogens with one attached hydrogen (secondary N) is 1. The lowest BCUT2D eigenvalue weighted by molar-refractivity contribution is -0.384. The van der Waals surface area contributed by atoms with Crippen molar-refractivity contribution >= 4 is 51.5 Å². The van der Waals surface area contributed by atoms with E-state index < -0.39 is 28.5 Å². The first-order valence-corrected chi connectivity index (χ1v) is 8.46. The Kier molecular flexibility index (Phi) is 6.13. The van der Waals surface area contributed by atoms with Crippen molar-refractivity contribution in [2.24, 2.45) is 0 Å². The van der Waals surface area contributed by atoms with Gasteiger partial charge in [-0.05, 0) is 24.6 Å². The van der Waals surface area contributed by atoms with Gasteiger partial charge in [0.15, 0.2) is 0 Å². The van der Waals surface area contributed by atoms with Crippen LogP contribution >= 0.6 is 22.9 Å². The fraction of sp³-hybridized carbons (Fsp3) is 0.188. The number of esters is 2. The van der Waals surface area contributed by atoms with E-state index in [0.29, 0.717) is 0 Å². The van der Waals surface area contributed by atoms with Crippen molar-refractivity contribution < 1.29 is 28.8 Å². The van der Waals surface area contributed by atoms with Crippen molar-refractivity contribution in [2.45, 2.75) is 6.92 Å². The number of amides is 1. The summed E-state index contributed by atoms with van der Waals surface area (Å²) < 4.78 is 9.36. The highest BCUT2D eigenvalue weighted by Gasteiger charge is 2.27. The summed E-state index contributed by atoms with van der Waals surface area (Å²) in [4.78, 5) is 46.8. The number of anilines is 1. The van der Waals surface area contributed by atoms with Crippen LogP contribution in [0.3, 0.4) is 0 Å². The Balaban J connectivity index is 2.46. The third-order valence-corrected chi connectivity index (χ3v) is 5.05. The van der Waals surface area contributed by atoms with Gasteiger partial charge in [-0.3, -0.25) is 14.9 Å². The number of rotatable bonds is 5. The number of hydrogen-bond donors (Lipinski definition) is 1. The first-order valence-electron chi connectivity index (χ1n) is 7.26. The quantitative estimate of drug-likeness (QED) is 0.453. The molecule has 0 fully saturated rings. The number of nitro groups is 1. The van der Waals surface area contributed by atoms with Crippen molar-refractivity contribution in [3.8, 4) is 0 Å². The van der Waals surface area contributed by atoms with Crippen LogP contribution in [-0.2, 0) is 9.47 Å². The molecular formula is C16H13ClN2O7S. The number of ether oxygens (including phenoxy) is 2. The molecule has 1 heterocycles. The minimum absolute atomic E-state index is 0.000266. The van der Waals surface area contributed by atoms with E-state index in [9.17, 15) is 24.5 Å². The van der Waals surface area contributed by atoms with Crippen molar-refractivity contribution in [1.82, 2.24) is 0 Å². The molecule has 0 radical (unpaired) electrons. The van der Waals surface area contributed by atoms with Crippen LogP contribution in [0.15, 0.2) is 18.2 Å². The Morgan fingerprint density at radius 2 is 1.81 bits per heavy atom. The standard InChI is InChI=1S/C16H13ClN2O7S/c1-7-11(15(21)25-2)14(27-12(7)16(22)26-3)18-13(20)8-4-5-9(17)10(6-8)19(23)24/h4-6H,1-3H3,(H,18,20). The third kappa shape index (κ3) is 4.07. The molecule has 0 aliphatic rings. The minimum Gasteiger partial charge on any atom is -0.465 e. The summed E-state index contributed by atoms with van der Waals surface area (Å²) in [6.45, 7) is 1.51. The number of methoxy groups -OCH3 is 2. The van der Waals surface area contributed by atoms with E-state index in [0.717, 1.165) is 24.5 Å². The van der Waals surface area contributed by atoms with Gasteiger partial charge >= 0.3 is 11.9 Å². The maximum atomic E-state index is 12.5. The predicted molar refractivity (Wildman–Crippen MR) is 97.8 cm³/mol. The second-order valence-electron chi connectivity index (χ2n) is 5.12. The van der Waals surface area contributed by atoms with E-state index in [1.54, 1.807) is 0 Å². The van der Waals surface area contributed by atoms with Crippen LogP contribution in [0.2, 0.25) is 5.02 Å². The maximum Gasteiger partial charge on any atom is 0.348 e. The van der Waals surface area contributed by atoms with E-state index in [4.69, 9.17) is 16.3 Å². The van der Waals surface area contributed by atoms with Gasteiger partial charge in [0.2, 0.25) is 0 Å². The Morgan fingerprint density at radius 1 is 1.19 bits per heavy atom. The van der Waals surface area contributed by atoms with Gasteiger partial charge in [-0.15, -0.1) is 11.3 Å². The molecule has 0 aliphatic heterocycles. The van der Waals surface area contributed by atoms with Crippen molar-refractivity contribution in [1.29, 1.82) is 0 Å². The molecular weight excluding hydrogens is 400 g/mol. The lowest BCUT2D eigenvalue weighted by Crippen LogP contribution is -2.14. The molecule has 0 aliphatic carbocycles. The highest BCUT2D eigenvalue weighted by atomic mass is 35.5. The minimum atomic E-state index is -0.753. The lowest BCUT2D eigenvalue weighted by atomic mass is 10.1. The monoisotopic (exact) mass is 412 g/mol. The van der Waals surface area contributed by atoms with Crippen molar-refractivity contribution in [2.75, 3.05) is 19.5 Å². The molecule has 2 rings (SSSR count). The van der Waals surface area contributed by atoms with Gasteiger partial charge in [0.1, 0.15) is 14.9 Å². The number of carbonyl (C=O) groups is 3. The van der Waals surface area contributed by atoms with Gasteiger partial charge in [-0.2, -0.15) is 0 Å². The molecule has 142 valence electrons. The number of halogens is 1. The molecule has 27 heavy (non-hydrogen) atoms. The summed E-state index contributed by atoms with van der Waals surface area (Å²) in [5.74, 6) is -2.15.